The highest BCUT2D eigenvalue weighted by molar-refractivity contribution is 6.09. The minimum Gasteiger partial charge on any atom is -0.288 e. The van der Waals surface area contributed by atoms with Gasteiger partial charge in [0.05, 0.1) is 11.1 Å². The SMILES string of the molecule is Cc1cc(C)c(C(=O)c2cncnc2)c(F)c1. The maximum absolute atomic E-state index is 13.8. The average molecular weight is 230 g/mol. The Morgan fingerprint density at radius 1 is 1.18 bits per heavy atom. The Morgan fingerprint density at radius 2 is 1.82 bits per heavy atom. The van der Waals surface area contributed by atoms with Gasteiger partial charge in [-0.15, -0.1) is 0 Å². The number of benzene rings is 1. The molecular formula is C13H11FN2O. The number of aromatic nitrogens is 2. The van der Waals surface area contributed by atoms with Crippen molar-refractivity contribution in [1.29, 1.82) is 0 Å². The summed E-state index contributed by atoms with van der Waals surface area (Å²) < 4.78 is 13.8. The zero-order chi connectivity index (χ0) is 12.4. The van der Waals surface area contributed by atoms with E-state index in [1.54, 1.807) is 19.9 Å². The van der Waals surface area contributed by atoms with E-state index in [9.17, 15) is 9.18 Å². The van der Waals surface area contributed by atoms with E-state index in [0.29, 0.717) is 11.1 Å². The first-order chi connectivity index (χ1) is 8.09. The fraction of sp³-hybridized carbons (Fsp3) is 0.154. The molecular weight excluding hydrogens is 219 g/mol. The van der Waals surface area contributed by atoms with Crippen LogP contribution >= 0.6 is 0 Å². The lowest BCUT2D eigenvalue weighted by Gasteiger charge is -2.07. The summed E-state index contributed by atoms with van der Waals surface area (Å²) in [4.78, 5) is 19.6. The van der Waals surface area contributed by atoms with Gasteiger partial charge in [0.15, 0.2) is 5.78 Å². The van der Waals surface area contributed by atoms with Gasteiger partial charge in [-0.25, -0.2) is 14.4 Å². The molecule has 0 saturated heterocycles. The zero-order valence-corrected chi connectivity index (χ0v) is 9.57. The number of nitrogens with zero attached hydrogens (tertiary/aromatic N) is 2. The Balaban J connectivity index is 2.52. The molecule has 0 atom stereocenters. The van der Waals surface area contributed by atoms with E-state index in [1.165, 1.54) is 24.8 Å². The third kappa shape index (κ3) is 2.20. The Bertz CT molecular complexity index is 544. The molecule has 0 amide bonds. The number of rotatable bonds is 2. The molecule has 1 heterocycles. The van der Waals surface area contributed by atoms with E-state index in [1.807, 2.05) is 0 Å². The molecule has 17 heavy (non-hydrogen) atoms. The topological polar surface area (TPSA) is 42.9 Å². The predicted octanol–water partition coefficient (Wildman–Crippen LogP) is 2.46. The molecule has 86 valence electrons. The van der Waals surface area contributed by atoms with Crippen molar-refractivity contribution in [2.75, 3.05) is 0 Å². The largest absolute Gasteiger partial charge is 0.288 e. The summed E-state index contributed by atoms with van der Waals surface area (Å²) in [6.45, 7) is 3.50. The molecule has 0 aliphatic heterocycles. The van der Waals surface area contributed by atoms with Crippen molar-refractivity contribution < 1.29 is 9.18 Å². The van der Waals surface area contributed by atoms with Gasteiger partial charge in [-0.3, -0.25) is 4.79 Å². The molecule has 0 fully saturated rings. The molecule has 2 rings (SSSR count). The van der Waals surface area contributed by atoms with Crippen molar-refractivity contribution in [2.24, 2.45) is 0 Å². The van der Waals surface area contributed by atoms with Crippen molar-refractivity contribution >= 4 is 5.78 Å². The van der Waals surface area contributed by atoms with Gasteiger partial charge in [-0.1, -0.05) is 6.07 Å². The van der Waals surface area contributed by atoms with E-state index < -0.39 is 5.82 Å². The van der Waals surface area contributed by atoms with Gasteiger partial charge in [-0.05, 0) is 31.0 Å². The number of hydrogen-bond acceptors (Lipinski definition) is 3. The van der Waals surface area contributed by atoms with Crippen molar-refractivity contribution in [3.8, 4) is 0 Å². The van der Waals surface area contributed by atoms with Gasteiger partial charge in [-0.2, -0.15) is 0 Å². The second-order valence-corrected chi connectivity index (χ2v) is 3.89. The van der Waals surface area contributed by atoms with Crippen LogP contribution in [-0.2, 0) is 0 Å². The molecule has 4 heteroatoms. The van der Waals surface area contributed by atoms with E-state index in [0.717, 1.165) is 5.56 Å². The highest BCUT2D eigenvalue weighted by Crippen LogP contribution is 2.18. The third-order valence-corrected chi connectivity index (χ3v) is 2.48. The molecule has 0 radical (unpaired) electrons. The second kappa shape index (κ2) is 4.41. The lowest BCUT2D eigenvalue weighted by atomic mass is 9.98. The lowest BCUT2D eigenvalue weighted by Crippen LogP contribution is -2.08. The summed E-state index contributed by atoms with van der Waals surface area (Å²) in [7, 11) is 0. The van der Waals surface area contributed by atoms with Crippen LogP contribution in [0.25, 0.3) is 0 Å². The molecule has 0 saturated carbocycles. The summed E-state index contributed by atoms with van der Waals surface area (Å²) in [5.41, 5.74) is 1.79. The molecule has 0 bridgehead atoms. The number of carbonyl (C=O) groups excluding carboxylic acids is 1. The standard InChI is InChI=1S/C13H11FN2O/c1-8-3-9(2)12(11(14)4-8)13(17)10-5-15-7-16-6-10/h3-7H,1-2H3. The highest BCUT2D eigenvalue weighted by Gasteiger charge is 2.17. The minimum absolute atomic E-state index is 0.0883. The minimum atomic E-state index is -0.503. The molecule has 3 nitrogen and oxygen atoms in total. The van der Waals surface area contributed by atoms with Crippen LogP contribution in [0.1, 0.15) is 27.0 Å². The van der Waals surface area contributed by atoms with Crippen LogP contribution in [0.4, 0.5) is 4.39 Å². The third-order valence-electron chi connectivity index (χ3n) is 2.48. The highest BCUT2D eigenvalue weighted by atomic mass is 19.1. The van der Waals surface area contributed by atoms with Crippen LogP contribution in [0.3, 0.4) is 0 Å². The summed E-state index contributed by atoms with van der Waals surface area (Å²) in [6.07, 6.45) is 4.09. The van der Waals surface area contributed by atoms with Gasteiger partial charge < -0.3 is 0 Å². The van der Waals surface area contributed by atoms with Gasteiger partial charge in [0.1, 0.15) is 12.1 Å². The predicted molar refractivity (Wildman–Crippen MR) is 61.3 cm³/mol. The van der Waals surface area contributed by atoms with Gasteiger partial charge in [0, 0.05) is 12.4 Å². The monoisotopic (exact) mass is 230 g/mol. The Hall–Kier alpha value is -2.10. The van der Waals surface area contributed by atoms with Crippen LogP contribution < -0.4 is 0 Å². The lowest BCUT2D eigenvalue weighted by molar-refractivity contribution is 0.103. The van der Waals surface area contributed by atoms with Crippen molar-refractivity contribution in [1.82, 2.24) is 9.97 Å². The summed E-state index contributed by atoms with van der Waals surface area (Å²) in [5.74, 6) is -0.892. The molecule has 0 spiro atoms. The number of carbonyl (C=O) groups is 1. The fourth-order valence-electron chi connectivity index (χ4n) is 1.76. The van der Waals surface area contributed by atoms with Crippen LogP contribution in [0.15, 0.2) is 30.9 Å². The zero-order valence-electron chi connectivity index (χ0n) is 9.57. The Morgan fingerprint density at radius 3 is 2.41 bits per heavy atom. The van der Waals surface area contributed by atoms with Gasteiger partial charge in [0.2, 0.25) is 0 Å². The van der Waals surface area contributed by atoms with Crippen molar-refractivity contribution in [2.45, 2.75) is 13.8 Å². The van der Waals surface area contributed by atoms with E-state index in [2.05, 4.69) is 9.97 Å². The first-order valence-electron chi connectivity index (χ1n) is 5.16. The summed E-state index contributed by atoms with van der Waals surface area (Å²) in [5, 5.41) is 0. The second-order valence-electron chi connectivity index (χ2n) is 3.89. The summed E-state index contributed by atoms with van der Waals surface area (Å²) >= 11 is 0. The van der Waals surface area contributed by atoms with Gasteiger partial charge >= 0.3 is 0 Å². The first-order valence-corrected chi connectivity index (χ1v) is 5.16. The Kier molecular flexibility index (Phi) is 2.95. The first kappa shape index (κ1) is 11.4. The van der Waals surface area contributed by atoms with Crippen LogP contribution in [0.5, 0.6) is 0 Å². The van der Waals surface area contributed by atoms with Crippen LogP contribution in [-0.4, -0.2) is 15.8 Å². The molecule has 0 N–H and O–H groups in total. The fourth-order valence-corrected chi connectivity index (χ4v) is 1.76. The molecule has 1 aromatic heterocycles. The van der Waals surface area contributed by atoms with E-state index in [-0.39, 0.29) is 11.3 Å². The number of ketones is 1. The maximum Gasteiger partial charge on any atom is 0.199 e. The number of halogens is 1. The van der Waals surface area contributed by atoms with E-state index in [4.69, 9.17) is 0 Å². The summed E-state index contributed by atoms with van der Waals surface area (Å²) in [6, 6.07) is 3.13. The van der Waals surface area contributed by atoms with Crippen LogP contribution in [0, 0.1) is 19.7 Å². The quantitative estimate of drug-likeness (QED) is 0.744. The molecule has 0 aliphatic carbocycles. The molecule has 0 unspecified atom stereocenters. The Labute approximate surface area is 98.3 Å². The van der Waals surface area contributed by atoms with Crippen molar-refractivity contribution in [3.05, 3.63) is 58.9 Å². The molecule has 1 aromatic carbocycles. The van der Waals surface area contributed by atoms with Crippen molar-refractivity contribution in [3.63, 3.8) is 0 Å². The molecule has 0 aliphatic rings. The molecule has 2 aromatic rings. The number of aryl methyl sites for hydroxylation is 2. The van der Waals surface area contributed by atoms with Crippen LogP contribution in [0.2, 0.25) is 0 Å². The smallest absolute Gasteiger partial charge is 0.199 e. The normalized spacial score (nSPS) is 10.3. The number of hydrogen-bond donors (Lipinski definition) is 0. The van der Waals surface area contributed by atoms with E-state index >= 15 is 0 Å². The van der Waals surface area contributed by atoms with Gasteiger partial charge in [0.25, 0.3) is 0 Å². The average Bonchev–Trinajstić information content (AvgIpc) is 2.28. The maximum atomic E-state index is 13.8.